The van der Waals surface area contributed by atoms with Gasteiger partial charge in [0.05, 0.1) is 0 Å². The van der Waals surface area contributed by atoms with Gasteiger partial charge in [0.1, 0.15) is 5.83 Å². The average Bonchev–Trinajstić information content (AvgIpc) is 2.56. The summed E-state index contributed by atoms with van der Waals surface area (Å²) in [4.78, 5) is 0. The second-order valence-corrected chi connectivity index (χ2v) is 5.01. The van der Waals surface area contributed by atoms with Crippen LogP contribution in [0.15, 0.2) is 96.5 Å². The number of rotatable bonds is 8. The molecule has 24 heavy (non-hydrogen) atoms. The lowest BCUT2D eigenvalue weighted by Gasteiger charge is -2.05. The standard InChI is InChI=1S/C20H25F.C3H4/c1-8-10-11-17(5)19(7)20(21)14-18(6)16(4)13-12-15(3)9-2;1-3-2/h9-14H,4-8H2,1-3H3;1H,2H3/b11-10-,13-12-,15-9-,20-14+;. The molecular formula is C23H29F. The van der Waals surface area contributed by atoms with Crippen molar-refractivity contribution in [1.82, 2.24) is 0 Å². The Morgan fingerprint density at radius 1 is 1.04 bits per heavy atom. The summed E-state index contributed by atoms with van der Waals surface area (Å²) in [6.07, 6.45) is 16.2. The first-order chi connectivity index (χ1) is 11.2. The normalized spacial score (nSPS) is 11.7. The zero-order chi connectivity index (χ0) is 19.1. The Kier molecular flexibility index (Phi) is 13.8. The molecule has 0 aromatic rings. The van der Waals surface area contributed by atoms with Gasteiger partial charge in [0.25, 0.3) is 0 Å². The largest absolute Gasteiger partial charge is 0.206 e. The molecule has 0 aromatic carbocycles. The zero-order valence-electron chi connectivity index (χ0n) is 15.5. The second-order valence-electron chi connectivity index (χ2n) is 5.01. The molecule has 0 fully saturated rings. The van der Waals surface area contributed by atoms with Crippen LogP contribution in [0, 0.1) is 12.3 Å². The third kappa shape index (κ3) is 11.0. The van der Waals surface area contributed by atoms with Crippen molar-refractivity contribution in [2.45, 2.75) is 34.1 Å². The Morgan fingerprint density at radius 2 is 1.58 bits per heavy atom. The molecule has 0 nitrogen and oxygen atoms in total. The van der Waals surface area contributed by atoms with Crippen LogP contribution >= 0.6 is 0 Å². The zero-order valence-corrected chi connectivity index (χ0v) is 15.5. The van der Waals surface area contributed by atoms with Crippen LogP contribution in [0.1, 0.15) is 34.1 Å². The minimum atomic E-state index is -0.442. The summed E-state index contributed by atoms with van der Waals surface area (Å²) in [7, 11) is 0. The van der Waals surface area contributed by atoms with Crippen molar-refractivity contribution >= 4 is 0 Å². The van der Waals surface area contributed by atoms with E-state index < -0.39 is 5.83 Å². The second kappa shape index (κ2) is 14.0. The molecule has 1 heteroatoms. The van der Waals surface area contributed by atoms with Crippen molar-refractivity contribution in [3.8, 4) is 12.3 Å². The number of halogens is 1. The first kappa shape index (κ1) is 23.7. The molecule has 0 radical (unpaired) electrons. The number of hydrogen-bond donors (Lipinski definition) is 0. The Balaban J connectivity index is 0. The van der Waals surface area contributed by atoms with Crippen LogP contribution < -0.4 is 0 Å². The minimum absolute atomic E-state index is 0.266. The van der Waals surface area contributed by atoms with Gasteiger partial charge in [0.15, 0.2) is 0 Å². The Bertz CT molecular complexity index is 625. The van der Waals surface area contributed by atoms with Gasteiger partial charge in [-0.15, -0.1) is 12.3 Å². The molecule has 0 saturated carbocycles. The molecular weight excluding hydrogens is 295 g/mol. The van der Waals surface area contributed by atoms with Crippen LogP contribution in [0.25, 0.3) is 0 Å². The fraction of sp³-hybridized carbons (Fsp3) is 0.217. The monoisotopic (exact) mass is 324 g/mol. The molecule has 0 N–H and O–H groups in total. The summed E-state index contributed by atoms with van der Waals surface area (Å²) in [5.41, 5.74) is 3.11. The van der Waals surface area contributed by atoms with Crippen molar-refractivity contribution in [3.05, 3.63) is 96.5 Å². The third-order valence-electron chi connectivity index (χ3n) is 2.95. The van der Waals surface area contributed by atoms with Gasteiger partial charge in [-0.3, -0.25) is 0 Å². The predicted octanol–water partition coefficient (Wildman–Crippen LogP) is 7.19. The highest BCUT2D eigenvalue weighted by Gasteiger charge is 2.05. The van der Waals surface area contributed by atoms with Crippen LogP contribution in [0.4, 0.5) is 4.39 Å². The van der Waals surface area contributed by atoms with E-state index in [1.165, 1.54) is 6.08 Å². The molecule has 0 saturated heterocycles. The van der Waals surface area contributed by atoms with Crippen molar-refractivity contribution in [1.29, 1.82) is 0 Å². The van der Waals surface area contributed by atoms with Crippen LogP contribution in [0.2, 0.25) is 0 Å². The maximum atomic E-state index is 14.1. The van der Waals surface area contributed by atoms with Crippen LogP contribution in [0.3, 0.4) is 0 Å². The van der Waals surface area contributed by atoms with E-state index in [4.69, 9.17) is 0 Å². The molecule has 0 amide bonds. The molecule has 0 atom stereocenters. The van der Waals surface area contributed by atoms with E-state index in [1.807, 2.05) is 45.1 Å². The molecule has 0 bridgehead atoms. The van der Waals surface area contributed by atoms with E-state index in [0.29, 0.717) is 16.7 Å². The maximum Gasteiger partial charge on any atom is 0.131 e. The Morgan fingerprint density at radius 3 is 2.04 bits per heavy atom. The van der Waals surface area contributed by atoms with Crippen LogP contribution in [0.5, 0.6) is 0 Å². The van der Waals surface area contributed by atoms with E-state index in [0.717, 1.165) is 12.0 Å². The van der Waals surface area contributed by atoms with Gasteiger partial charge in [-0.2, -0.15) is 0 Å². The molecule has 0 rings (SSSR count). The van der Waals surface area contributed by atoms with Gasteiger partial charge >= 0.3 is 0 Å². The topological polar surface area (TPSA) is 0 Å². The van der Waals surface area contributed by atoms with Gasteiger partial charge in [-0.1, -0.05) is 69.2 Å². The van der Waals surface area contributed by atoms with Gasteiger partial charge in [0, 0.05) is 5.57 Å². The van der Waals surface area contributed by atoms with Gasteiger partial charge < -0.3 is 0 Å². The Labute approximate surface area is 147 Å². The van der Waals surface area contributed by atoms with Gasteiger partial charge in [0.2, 0.25) is 0 Å². The lowest BCUT2D eigenvalue weighted by atomic mass is 10.0. The van der Waals surface area contributed by atoms with Crippen molar-refractivity contribution in [2.24, 2.45) is 0 Å². The highest BCUT2D eigenvalue weighted by molar-refractivity contribution is 5.52. The highest BCUT2D eigenvalue weighted by atomic mass is 19.1. The molecule has 0 aliphatic carbocycles. The fourth-order valence-corrected chi connectivity index (χ4v) is 1.28. The molecule has 0 heterocycles. The lowest BCUT2D eigenvalue weighted by Crippen LogP contribution is -1.87. The van der Waals surface area contributed by atoms with Gasteiger partial charge in [-0.25, -0.2) is 4.39 Å². The summed E-state index contributed by atoms with van der Waals surface area (Å²) in [5.74, 6) is 1.81. The third-order valence-corrected chi connectivity index (χ3v) is 2.95. The summed E-state index contributed by atoms with van der Waals surface area (Å²) in [5, 5.41) is 0. The van der Waals surface area contributed by atoms with E-state index in [1.54, 1.807) is 13.0 Å². The SMILES string of the molecule is C#CC.C=C(/C=C\C(C)=C/C)C(=C)/C=C(/F)C(=C)C(=C)/C=C\CC. The summed E-state index contributed by atoms with van der Waals surface area (Å²) in [6, 6.07) is 0. The molecule has 0 unspecified atom stereocenters. The molecule has 0 aromatic heterocycles. The van der Waals surface area contributed by atoms with Crippen molar-refractivity contribution in [3.63, 3.8) is 0 Å². The summed E-state index contributed by atoms with van der Waals surface area (Å²) in [6.45, 7) is 22.8. The van der Waals surface area contributed by atoms with E-state index in [2.05, 4.69) is 38.7 Å². The number of allylic oxidation sites excluding steroid dienone is 12. The smallest absolute Gasteiger partial charge is 0.131 e. The quantitative estimate of drug-likeness (QED) is 0.327. The van der Waals surface area contributed by atoms with E-state index in [-0.39, 0.29) is 5.57 Å². The molecule has 128 valence electrons. The van der Waals surface area contributed by atoms with Crippen molar-refractivity contribution < 1.29 is 4.39 Å². The molecule has 0 spiro atoms. The lowest BCUT2D eigenvalue weighted by molar-refractivity contribution is 0.655. The van der Waals surface area contributed by atoms with Crippen molar-refractivity contribution in [2.75, 3.05) is 0 Å². The molecule has 0 aliphatic heterocycles. The van der Waals surface area contributed by atoms with E-state index in [9.17, 15) is 4.39 Å². The highest BCUT2D eigenvalue weighted by Crippen LogP contribution is 2.22. The predicted molar refractivity (Wildman–Crippen MR) is 108 cm³/mol. The number of hydrogen-bond acceptors (Lipinski definition) is 0. The first-order valence-electron chi connectivity index (χ1n) is 7.73. The summed E-state index contributed by atoms with van der Waals surface area (Å²) >= 11 is 0. The first-order valence-corrected chi connectivity index (χ1v) is 7.73. The fourth-order valence-electron chi connectivity index (χ4n) is 1.28. The minimum Gasteiger partial charge on any atom is -0.206 e. The number of terminal acetylenes is 1. The van der Waals surface area contributed by atoms with Crippen LogP contribution in [-0.2, 0) is 0 Å². The molecule has 0 aliphatic rings. The van der Waals surface area contributed by atoms with Gasteiger partial charge in [-0.05, 0) is 50.0 Å². The average molecular weight is 324 g/mol. The van der Waals surface area contributed by atoms with E-state index >= 15 is 0 Å². The summed E-state index contributed by atoms with van der Waals surface area (Å²) < 4.78 is 14.1. The maximum absolute atomic E-state index is 14.1. The Hall–Kier alpha value is -2.59. The van der Waals surface area contributed by atoms with Crippen LogP contribution in [-0.4, -0.2) is 0 Å².